The van der Waals surface area contributed by atoms with E-state index < -0.39 is 0 Å². The zero-order valence-electron chi connectivity index (χ0n) is 11.7. The van der Waals surface area contributed by atoms with Crippen molar-refractivity contribution in [2.24, 2.45) is 0 Å². The normalized spacial score (nSPS) is 18.1. The van der Waals surface area contributed by atoms with Gasteiger partial charge in [-0.25, -0.2) is 9.97 Å². The maximum absolute atomic E-state index is 6.34. The van der Waals surface area contributed by atoms with Crippen LogP contribution in [-0.2, 0) is 0 Å². The predicted octanol–water partition coefficient (Wildman–Crippen LogP) is 5.00. The Kier molecular flexibility index (Phi) is 4.60. The summed E-state index contributed by atoms with van der Waals surface area (Å²) >= 11 is 6.34. The van der Waals surface area contributed by atoms with Crippen LogP contribution in [0, 0.1) is 6.92 Å². The summed E-state index contributed by atoms with van der Waals surface area (Å²) < 4.78 is 0. The van der Waals surface area contributed by atoms with E-state index in [0.717, 1.165) is 17.1 Å². The molecule has 0 spiro atoms. The minimum absolute atomic E-state index is 0.390. The molecule has 1 fully saturated rings. The van der Waals surface area contributed by atoms with Gasteiger partial charge in [0.25, 0.3) is 0 Å². The highest BCUT2D eigenvalue weighted by molar-refractivity contribution is 6.30. The molecule has 18 heavy (non-hydrogen) atoms. The zero-order valence-corrected chi connectivity index (χ0v) is 12.4. The van der Waals surface area contributed by atoms with Crippen molar-refractivity contribution in [2.75, 3.05) is 0 Å². The molecular formula is C15H23ClN2. The van der Waals surface area contributed by atoms with E-state index in [4.69, 9.17) is 16.6 Å². The molecule has 0 radical (unpaired) electrons. The molecular weight excluding hydrogens is 244 g/mol. The Bertz CT molecular complexity index is 384. The van der Waals surface area contributed by atoms with Crippen LogP contribution in [0.1, 0.15) is 81.3 Å². The van der Waals surface area contributed by atoms with Gasteiger partial charge in [-0.1, -0.05) is 51.1 Å². The van der Waals surface area contributed by atoms with Crippen LogP contribution in [0.4, 0.5) is 0 Å². The standard InChI is InChI=1S/C15H23ClN2/c1-10(2)13-11(3)17-15(18-14(13)16)12-8-6-4-5-7-9-12/h10,12H,4-9H2,1-3H3. The SMILES string of the molecule is Cc1nc(C2CCCCCC2)nc(Cl)c1C(C)C. The minimum Gasteiger partial charge on any atom is -0.238 e. The monoisotopic (exact) mass is 266 g/mol. The molecule has 0 saturated heterocycles. The van der Waals surface area contributed by atoms with Crippen molar-refractivity contribution >= 4 is 11.6 Å². The van der Waals surface area contributed by atoms with Gasteiger partial charge in [-0.2, -0.15) is 0 Å². The quantitative estimate of drug-likeness (QED) is 0.556. The summed E-state index contributed by atoms with van der Waals surface area (Å²) in [7, 11) is 0. The van der Waals surface area contributed by atoms with Crippen LogP contribution >= 0.6 is 11.6 Å². The highest BCUT2D eigenvalue weighted by Crippen LogP contribution is 2.32. The van der Waals surface area contributed by atoms with Gasteiger partial charge in [0.15, 0.2) is 0 Å². The predicted molar refractivity (Wildman–Crippen MR) is 76.3 cm³/mol. The fraction of sp³-hybridized carbons (Fsp3) is 0.733. The lowest BCUT2D eigenvalue weighted by Gasteiger charge is -2.17. The van der Waals surface area contributed by atoms with Crippen molar-refractivity contribution in [1.29, 1.82) is 0 Å². The Balaban J connectivity index is 2.29. The fourth-order valence-corrected chi connectivity index (χ4v) is 3.38. The van der Waals surface area contributed by atoms with Gasteiger partial charge in [0, 0.05) is 17.2 Å². The van der Waals surface area contributed by atoms with Gasteiger partial charge < -0.3 is 0 Å². The van der Waals surface area contributed by atoms with Gasteiger partial charge in [0.05, 0.1) is 0 Å². The molecule has 0 unspecified atom stereocenters. The number of nitrogens with zero attached hydrogens (tertiary/aromatic N) is 2. The zero-order chi connectivity index (χ0) is 13.1. The molecule has 1 aliphatic rings. The Labute approximate surface area is 115 Å². The van der Waals surface area contributed by atoms with Crippen molar-refractivity contribution in [3.05, 3.63) is 22.2 Å². The highest BCUT2D eigenvalue weighted by Gasteiger charge is 2.20. The summed E-state index contributed by atoms with van der Waals surface area (Å²) in [5.74, 6) is 1.88. The first-order chi connectivity index (χ1) is 8.59. The minimum atomic E-state index is 0.390. The van der Waals surface area contributed by atoms with Crippen molar-refractivity contribution in [3.8, 4) is 0 Å². The van der Waals surface area contributed by atoms with Crippen LogP contribution < -0.4 is 0 Å². The van der Waals surface area contributed by atoms with E-state index in [1.807, 2.05) is 0 Å². The third-order valence-corrected chi connectivity index (χ3v) is 4.19. The van der Waals surface area contributed by atoms with Crippen LogP contribution in [0.3, 0.4) is 0 Å². The average Bonchev–Trinajstić information content (AvgIpc) is 2.55. The number of rotatable bonds is 2. The number of hydrogen-bond donors (Lipinski definition) is 0. The van der Waals surface area contributed by atoms with Crippen molar-refractivity contribution in [2.45, 2.75) is 71.1 Å². The first kappa shape index (κ1) is 13.8. The first-order valence-electron chi connectivity index (χ1n) is 7.13. The largest absolute Gasteiger partial charge is 0.238 e. The molecule has 0 N–H and O–H groups in total. The fourth-order valence-electron chi connectivity index (χ4n) is 2.94. The smallest absolute Gasteiger partial charge is 0.136 e. The van der Waals surface area contributed by atoms with Gasteiger partial charge >= 0.3 is 0 Å². The van der Waals surface area contributed by atoms with Crippen LogP contribution in [-0.4, -0.2) is 9.97 Å². The maximum Gasteiger partial charge on any atom is 0.136 e. The van der Waals surface area contributed by atoms with Crippen LogP contribution in [0.5, 0.6) is 0 Å². The Morgan fingerprint density at radius 2 is 1.67 bits per heavy atom. The average molecular weight is 267 g/mol. The van der Waals surface area contributed by atoms with Crippen molar-refractivity contribution < 1.29 is 0 Å². The van der Waals surface area contributed by atoms with E-state index in [9.17, 15) is 0 Å². The molecule has 2 rings (SSSR count). The molecule has 0 aliphatic heterocycles. The second-order valence-corrected chi connectivity index (χ2v) is 6.07. The van der Waals surface area contributed by atoms with Gasteiger partial charge in [0.1, 0.15) is 11.0 Å². The van der Waals surface area contributed by atoms with Gasteiger partial charge in [-0.05, 0) is 25.7 Å². The third kappa shape index (κ3) is 3.03. The van der Waals surface area contributed by atoms with E-state index in [0.29, 0.717) is 17.0 Å². The summed E-state index contributed by atoms with van der Waals surface area (Å²) in [6, 6.07) is 0. The molecule has 1 aromatic heterocycles. The Morgan fingerprint density at radius 3 is 2.17 bits per heavy atom. The second kappa shape index (κ2) is 6.01. The van der Waals surface area contributed by atoms with E-state index in [-0.39, 0.29) is 0 Å². The van der Waals surface area contributed by atoms with Crippen LogP contribution in [0.25, 0.3) is 0 Å². The van der Waals surface area contributed by atoms with Crippen LogP contribution in [0.15, 0.2) is 0 Å². The van der Waals surface area contributed by atoms with E-state index in [2.05, 4.69) is 25.8 Å². The molecule has 3 heteroatoms. The molecule has 2 nitrogen and oxygen atoms in total. The molecule has 0 amide bonds. The second-order valence-electron chi connectivity index (χ2n) is 5.71. The summed E-state index contributed by atoms with van der Waals surface area (Å²) in [5.41, 5.74) is 2.17. The molecule has 0 atom stereocenters. The van der Waals surface area contributed by atoms with Gasteiger partial charge in [0.2, 0.25) is 0 Å². The number of hydrogen-bond acceptors (Lipinski definition) is 2. The molecule has 100 valence electrons. The van der Waals surface area contributed by atoms with Gasteiger partial charge in [-0.15, -0.1) is 0 Å². The van der Waals surface area contributed by atoms with Gasteiger partial charge in [-0.3, -0.25) is 0 Å². The lowest BCUT2D eigenvalue weighted by molar-refractivity contribution is 0.556. The lowest BCUT2D eigenvalue weighted by atomic mass is 9.98. The van der Waals surface area contributed by atoms with Crippen molar-refractivity contribution in [3.63, 3.8) is 0 Å². The highest BCUT2D eigenvalue weighted by atomic mass is 35.5. The topological polar surface area (TPSA) is 25.8 Å². The van der Waals surface area contributed by atoms with E-state index in [1.54, 1.807) is 0 Å². The summed E-state index contributed by atoms with van der Waals surface area (Å²) in [6.45, 7) is 6.34. The molecule has 1 aliphatic carbocycles. The summed E-state index contributed by atoms with van der Waals surface area (Å²) in [6.07, 6.45) is 7.75. The number of aryl methyl sites for hydroxylation is 1. The number of aromatic nitrogens is 2. The Hall–Kier alpha value is -0.630. The van der Waals surface area contributed by atoms with Crippen LogP contribution in [0.2, 0.25) is 5.15 Å². The number of halogens is 1. The molecule has 0 bridgehead atoms. The van der Waals surface area contributed by atoms with E-state index >= 15 is 0 Å². The molecule has 1 aromatic rings. The first-order valence-corrected chi connectivity index (χ1v) is 7.51. The summed E-state index contributed by atoms with van der Waals surface area (Å²) in [5, 5.41) is 0.664. The molecule has 0 aromatic carbocycles. The Morgan fingerprint density at radius 1 is 1.06 bits per heavy atom. The van der Waals surface area contributed by atoms with Crippen molar-refractivity contribution in [1.82, 2.24) is 9.97 Å². The van der Waals surface area contributed by atoms with E-state index in [1.165, 1.54) is 38.5 Å². The lowest BCUT2D eigenvalue weighted by Crippen LogP contribution is -2.09. The third-order valence-electron chi connectivity index (χ3n) is 3.90. The molecule has 1 heterocycles. The summed E-state index contributed by atoms with van der Waals surface area (Å²) in [4.78, 5) is 9.30. The maximum atomic E-state index is 6.34. The molecule has 1 saturated carbocycles.